The van der Waals surface area contributed by atoms with Gasteiger partial charge in [0.2, 0.25) is 0 Å². The third kappa shape index (κ3) is 6.94. The molecular formula is C33H31Cl2N3O5. The van der Waals surface area contributed by atoms with Gasteiger partial charge in [0.1, 0.15) is 0 Å². The number of anilines is 2. The predicted molar refractivity (Wildman–Crippen MR) is 169 cm³/mol. The Balaban J connectivity index is 1.48. The largest absolute Gasteiger partial charge is 0.481 e. The number of carboxylic acid groups (broad SMARTS) is 1. The lowest BCUT2D eigenvalue weighted by molar-refractivity contribution is -0.137. The number of rotatable bonds is 8. The second kappa shape index (κ2) is 13.0. The molecule has 1 aliphatic heterocycles. The van der Waals surface area contributed by atoms with E-state index in [1.165, 1.54) is 6.07 Å². The summed E-state index contributed by atoms with van der Waals surface area (Å²) < 4.78 is 5.71. The van der Waals surface area contributed by atoms with E-state index in [1.54, 1.807) is 36.4 Å². The fraction of sp³-hybridized carbons (Fsp3) is 0.242. The van der Waals surface area contributed by atoms with Crippen LogP contribution in [0.15, 0.2) is 78.9 Å². The zero-order valence-electron chi connectivity index (χ0n) is 23.6. The van der Waals surface area contributed by atoms with Gasteiger partial charge < -0.3 is 25.4 Å². The molecule has 3 unspecified atom stereocenters. The number of carboxylic acids is 1. The topological polar surface area (TPSA) is 108 Å². The Kier molecular flexibility index (Phi) is 9.20. The number of nitrogens with zero attached hydrogens (tertiary/aromatic N) is 1. The molecule has 0 bridgehead atoms. The molecule has 3 N–H and O–H groups in total. The molecule has 1 aliphatic rings. The highest BCUT2D eigenvalue weighted by atomic mass is 35.5. The van der Waals surface area contributed by atoms with Crippen LogP contribution in [0.3, 0.4) is 0 Å². The predicted octanol–water partition coefficient (Wildman–Crippen LogP) is 6.96. The van der Waals surface area contributed by atoms with Gasteiger partial charge in [0.25, 0.3) is 11.8 Å². The summed E-state index contributed by atoms with van der Waals surface area (Å²) in [6.07, 6.45) is -0.365. The number of fused-ring (bicyclic) bond motifs is 1. The highest BCUT2D eigenvalue weighted by Gasteiger charge is 2.29. The lowest BCUT2D eigenvalue weighted by atomic mass is 10.0. The maximum atomic E-state index is 13.5. The molecule has 0 spiro atoms. The lowest BCUT2D eigenvalue weighted by Gasteiger charge is -2.41. The smallest absolute Gasteiger partial charge is 0.305 e. The number of aliphatic carboxylic acids is 1. The van der Waals surface area contributed by atoms with Crippen LogP contribution in [0.4, 0.5) is 11.4 Å². The number of hydrogen-bond donors (Lipinski definition) is 3. The van der Waals surface area contributed by atoms with Crippen molar-refractivity contribution in [3.05, 3.63) is 106 Å². The van der Waals surface area contributed by atoms with Crippen LogP contribution >= 0.6 is 23.2 Å². The first kappa shape index (κ1) is 30.4. The van der Waals surface area contributed by atoms with Crippen molar-refractivity contribution in [2.75, 3.05) is 23.4 Å². The molecule has 4 aromatic carbocycles. The van der Waals surface area contributed by atoms with Crippen molar-refractivity contribution in [3.8, 4) is 0 Å². The summed E-state index contributed by atoms with van der Waals surface area (Å²) in [7, 11) is 0. The van der Waals surface area contributed by atoms with Gasteiger partial charge in [-0.05, 0) is 72.6 Å². The van der Waals surface area contributed by atoms with Crippen LogP contribution in [0.1, 0.15) is 52.6 Å². The molecule has 1 heterocycles. The van der Waals surface area contributed by atoms with Crippen LogP contribution in [-0.4, -0.2) is 48.2 Å². The standard InChI is InChI=1S/C33H31Cl2N3O5/c1-19-17-43-18-20(2)38(19)30-12-10-25(33(42)36-28(16-31(39)40)23-9-11-26(34)27(35)14-23)15-29(30)37-32(41)24-8-7-21-5-3-4-6-22(21)13-24/h3-15,19-20,28H,16-18H2,1-2H3,(H,36,42)(H,37,41)(H,39,40). The van der Waals surface area contributed by atoms with Crippen LogP contribution < -0.4 is 15.5 Å². The summed E-state index contributed by atoms with van der Waals surface area (Å²) >= 11 is 12.2. The van der Waals surface area contributed by atoms with Crippen molar-refractivity contribution >= 4 is 63.1 Å². The Morgan fingerprint density at radius 2 is 1.53 bits per heavy atom. The Morgan fingerprint density at radius 1 is 0.860 bits per heavy atom. The van der Waals surface area contributed by atoms with Gasteiger partial charge in [0.15, 0.2) is 0 Å². The highest BCUT2D eigenvalue weighted by Crippen LogP contribution is 2.34. The first-order valence-corrected chi connectivity index (χ1v) is 14.6. The molecule has 2 amide bonds. The van der Waals surface area contributed by atoms with E-state index >= 15 is 0 Å². The molecule has 1 fully saturated rings. The summed E-state index contributed by atoms with van der Waals surface area (Å²) in [5.41, 5.74) is 2.43. The number of nitrogens with one attached hydrogen (secondary N) is 2. The minimum Gasteiger partial charge on any atom is -0.481 e. The monoisotopic (exact) mass is 619 g/mol. The Labute approximate surface area is 259 Å². The number of carbonyl (C=O) groups is 3. The van der Waals surface area contributed by atoms with Gasteiger partial charge in [0, 0.05) is 23.2 Å². The van der Waals surface area contributed by atoms with Crippen molar-refractivity contribution in [1.29, 1.82) is 0 Å². The third-order valence-corrected chi connectivity index (χ3v) is 8.23. The maximum absolute atomic E-state index is 13.5. The molecule has 1 saturated heterocycles. The van der Waals surface area contributed by atoms with Crippen molar-refractivity contribution in [1.82, 2.24) is 5.32 Å². The van der Waals surface area contributed by atoms with Crippen LogP contribution in [0, 0.1) is 0 Å². The number of amides is 2. The van der Waals surface area contributed by atoms with E-state index in [-0.39, 0.29) is 35.0 Å². The molecule has 0 aliphatic carbocycles. The Morgan fingerprint density at radius 3 is 2.23 bits per heavy atom. The average Bonchev–Trinajstić information content (AvgIpc) is 2.98. The maximum Gasteiger partial charge on any atom is 0.305 e. The first-order chi connectivity index (χ1) is 20.6. The van der Waals surface area contributed by atoms with E-state index in [0.717, 1.165) is 16.5 Å². The minimum absolute atomic E-state index is 0.0225. The minimum atomic E-state index is -1.09. The van der Waals surface area contributed by atoms with Gasteiger partial charge >= 0.3 is 5.97 Å². The van der Waals surface area contributed by atoms with Gasteiger partial charge in [-0.3, -0.25) is 14.4 Å². The lowest BCUT2D eigenvalue weighted by Crippen LogP contribution is -2.50. The van der Waals surface area contributed by atoms with E-state index in [1.807, 2.05) is 50.2 Å². The van der Waals surface area contributed by atoms with Crippen LogP contribution in [0.25, 0.3) is 10.8 Å². The number of halogens is 2. The molecule has 0 radical (unpaired) electrons. The summed E-state index contributed by atoms with van der Waals surface area (Å²) in [5, 5.41) is 17.9. The van der Waals surface area contributed by atoms with Crippen molar-refractivity contribution in [3.63, 3.8) is 0 Å². The zero-order valence-corrected chi connectivity index (χ0v) is 25.2. The molecule has 5 rings (SSSR count). The van der Waals surface area contributed by atoms with E-state index in [0.29, 0.717) is 35.1 Å². The molecule has 4 aromatic rings. The third-order valence-electron chi connectivity index (χ3n) is 7.49. The van der Waals surface area contributed by atoms with E-state index in [2.05, 4.69) is 15.5 Å². The summed E-state index contributed by atoms with van der Waals surface area (Å²) in [4.78, 5) is 40.9. The van der Waals surface area contributed by atoms with Gasteiger partial charge in [-0.15, -0.1) is 0 Å². The molecule has 10 heteroatoms. The zero-order chi connectivity index (χ0) is 30.7. The quantitative estimate of drug-likeness (QED) is 0.197. The second-order valence-electron chi connectivity index (χ2n) is 10.7. The highest BCUT2D eigenvalue weighted by molar-refractivity contribution is 6.42. The van der Waals surface area contributed by atoms with Crippen LogP contribution in [-0.2, 0) is 9.53 Å². The Bertz CT molecular complexity index is 1680. The van der Waals surface area contributed by atoms with Crippen molar-refractivity contribution < 1.29 is 24.2 Å². The number of benzene rings is 4. The van der Waals surface area contributed by atoms with E-state index in [9.17, 15) is 19.5 Å². The molecule has 0 aromatic heterocycles. The van der Waals surface area contributed by atoms with E-state index < -0.39 is 17.9 Å². The number of carbonyl (C=O) groups excluding carboxylic acids is 2. The summed E-state index contributed by atoms with van der Waals surface area (Å²) in [5.74, 6) is -1.92. The van der Waals surface area contributed by atoms with Gasteiger partial charge in [-0.25, -0.2) is 0 Å². The van der Waals surface area contributed by atoms with Crippen molar-refractivity contribution in [2.45, 2.75) is 38.4 Å². The van der Waals surface area contributed by atoms with Crippen LogP contribution in [0.2, 0.25) is 10.0 Å². The van der Waals surface area contributed by atoms with Gasteiger partial charge in [-0.2, -0.15) is 0 Å². The summed E-state index contributed by atoms with van der Waals surface area (Å²) in [6.45, 7) is 5.12. The van der Waals surface area contributed by atoms with Gasteiger partial charge in [0.05, 0.1) is 47.1 Å². The van der Waals surface area contributed by atoms with Gasteiger partial charge in [-0.1, -0.05) is 59.6 Å². The summed E-state index contributed by atoms with van der Waals surface area (Å²) in [6, 6.07) is 22.3. The van der Waals surface area contributed by atoms with Crippen LogP contribution in [0.5, 0.6) is 0 Å². The first-order valence-electron chi connectivity index (χ1n) is 13.9. The molecule has 43 heavy (non-hydrogen) atoms. The number of ether oxygens (including phenoxy) is 1. The van der Waals surface area contributed by atoms with Crippen molar-refractivity contribution in [2.24, 2.45) is 0 Å². The average molecular weight is 621 g/mol. The normalized spacial score (nSPS) is 17.3. The molecule has 3 atom stereocenters. The Hall–Kier alpha value is -4.11. The molecule has 8 nitrogen and oxygen atoms in total. The number of morpholine rings is 1. The molecular weight excluding hydrogens is 589 g/mol. The fourth-order valence-electron chi connectivity index (χ4n) is 5.40. The molecule has 222 valence electrons. The fourth-order valence-corrected chi connectivity index (χ4v) is 5.71. The van der Waals surface area contributed by atoms with E-state index in [4.69, 9.17) is 27.9 Å². The SMILES string of the molecule is CC1COCC(C)N1c1ccc(C(=O)NC(CC(=O)O)c2ccc(Cl)c(Cl)c2)cc1NC(=O)c1ccc2ccccc2c1. The second-order valence-corrected chi connectivity index (χ2v) is 11.5. The number of hydrogen-bond acceptors (Lipinski definition) is 5. The molecule has 0 saturated carbocycles.